The number of aliphatic imine (C=N–C) groups is 1. The van der Waals surface area contributed by atoms with Crippen LogP contribution in [-0.2, 0) is 17.8 Å². The molecule has 1 aromatic heterocycles. The summed E-state index contributed by atoms with van der Waals surface area (Å²) < 4.78 is 11.0. The molecule has 0 aliphatic heterocycles. The average Bonchev–Trinajstić information content (AvgIpc) is 3.04. The second kappa shape index (κ2) is 12.4. The number of hydrogen-bond donors (Lipinski definition) is 2. The Morgan fingerprint density at radius 1 is 1.17 bits per heavy atom. The number of benzene rings is 1. The molecular weight excluding hydrogens is 386 g/mol. The van der Waals surface area contributed by atoms with Crippen molar-refractivity contribution in [1.82, 2.24) is 20.5 Å². The number of methoxy groups -OCH3 is 1. The summed E-state index contributed by atoms with van der Waals surface area (Å²) in [6.45, 7) is 8.60. The van der Waals surface area contributed by atoms with Crippen LogP contribution < -0.4 is 15.4 Å². The number of guanidine groups is 1. The molecule has 0 atom stereocenters. The van der Waals surface area contributed by atoms with E-state index in [0.29, 0.717) is 19.7 Å². The summed E-state index contributed by atoms with van der Waals surface area (Å²) in [6, 6.07) is 8.13. The van der Waals surface area contributed by atoms with Crippen LogP contribution >= 0.6 is 11.3 Å². The van der Waals surface area contributed by atoms with Crippen LogP contribution in [-0.4, -0.2) is 63.4 Å². The minimum atomic E-state index is 0.646. The van der Waals surface area contributed by atoms with Crippen molar-refractivity contribution >= 4 is 17.3 Å². The normalized spacial score (nSPS) is 11.7. The SMILES string of the molecule is CN=C(NCc1cccc(OCCN(C)CCOC)c1)NCc1nc(C)c(C)s1. The number of hydrogen-bond acceptors (Lipinski definition) is 6. The topological polar surface area (TPSA) is 71.0 Å². The Morgan fingerprint density at radius 3 is 2.62 bits per heavy atom. The van der Waals surface area contributed by atoms with E-state index in [0.717, 1.165) is 47.7 Å². The van der Waals surface area contributed by atoms with Crippen LogP contribution in [0, 0.1) is 13.8 Å². The molecule has 160 valence electrons. The smallest absolute Gasteiger partial charge is 0.191 e. The number of ether oxygens (including phenoxy) is 2. The van der Waals surface area contributed by atoms with Crippen LogP contribution in [0.5, 0.6) is 5.75 Å². The first-order valence-corrected chi connectivity index (χ1v) is 10.6. The van der Waals surface area contributed by atoms with E-state index in [2.05, 4.69) is 51.6 Å². The molecule has 1 aromatic carbocycles. The fourth-order valence-electron chi connectivity index (χ4n) is 2.60. The van der Waals surface area contributed by atoms with Crippen molar-refractivity contribution in [3.63, 3.8) is 0 Å². The third-order valence-corrected chi connectivity index (χ3v) is 5.55. The van der Waals surface area contributed by atoms with E-state index in [9.17, 15) is 0 Å². The van der Waals surface area contributed by atoms with Gasteiger partial charge in [-0.1, -0.05) is 12.1 Å². The lowest BCUT2D eigenvalue weighted by Gasteiger charge is -2.16. The van der Waals surface area contributed by atoms with E-state index in [-0.39, 0.29) is 0 Å². The molecule has 0 bridgehead atoms. The van der Waals surface area contributed by atoms with E-state index in [1.165, 1.54) is 4.88 Å². The Hall–Kier alpha value is -2.16. The summed E-state index contributed by atoms with van der Waals surface area (Å²) in [5.41, 5.74) is 2.23. The maximum Gasteiger partial charge on any atom is 0.191 e. The van der Waals surface area contributed by atoms with E-state index in [1.807, 2.05) is 19.1 Å². The molecule has 0 spiro atoms. The van der Waals surface area contributed by atoms with Crippen LogP contribution in [0.1, 0.15) is 21.1 Å². The van der Waals surface area contributed by atoms with Crippen molar-refractivity contribution in [3.05, 3.63) is 45.4 Å². The molecule has 29 heavy (non-hydrogen) atoms. The lowest BCUT2D eigenvalue weighted by atomic mass is 10.2. The number of nitrogens with zero attached hydrogens (tertiary/aromatic N) is 3. The van der Waals surface area contributed by atoms with Gasteiger partial charge in [-0.15, -0.1) is 11.3 Å². The predicted molar refractivity (Wildman–Crippen MR) is 120 cm³/mol. The van der Waals surface area contributed by atoms with Crippen molar-refractivity contribution in [1.29, 1.82) is 0 Å². The molecule has 2 N–H and O–H groups in total. The van der Waals surface area contributed by atoms with Gasteiger partial charge < -0.3 is 25.0 Å². The molecule has 1 heterocycles. The highest BCUT2D eigenvalue weighted by atomic mass is 32.1. The minimum Gasteiger partial charge on any atom is -0.492 e. The van der Waals surface area contributed by atoms with Crippen molar-refractivity contribution < 1.29 is 9.47 Å². The first kappa shape index (κ1) is 23.1. The summed E-state index contributed by atoms with van der Waals surface area (Å²) in [5, 5.41) is 7.72. The molecule has 0 radical (unpaired) electrons. The summed E-state index contributed by atoms with van der Waals surface area (Å²) in [5.74, 6) is 1.63. The number of aromatic nitrogens is 1. The first-order chi connectivity index (χ1) is 14.0. The van der Waals surface area contributed by atoms with Crippen molar-refractivity contribution in [2.75, 3.05) is 47.5 Å². The van der Waals surface area contributed by atoms with Gasteiger partial charge in [-0.2, -0.15) is 0 Å². The van der Waals surface area contributed by atoms with Gasteiger partial charge in [-0.3, -0.25) is 4.99 Å². The standard InChI is InChI=1S/C21H33N5O2S/c1-16-17(2)29-20(25-16)15-24-21(22-3)23-14-18-7-6-8-19(13-18)28-12-10-26(4)9-11-27-5/h6-8,13H,9-12,14-15H2,1-5H3,(H2,22,23,24). The molecule has 0 saturated carbocycles. The Bertz CT molecular complexity index is 759. The van der Waals surface area contributed by atoms with Crippen molar-refractivity contribution in [2.45, 2.75) is 26.9 Å². The summed E-state index contributed by atoms with van der Waals surface area (Å²) in [7, 11) is 5.55. The third-order valence-electron chi connectivity index (χ3n) is 4.48. The number of aryl methyl sites for hydroxylation is 2. The molecule has 0 unspecified atom stereocenters. The molecule has 2 aromatic rings. The van der Waals surface area contributed by atoms with E-state index >= 15 is 0 Å². The van der Waals surface area contributed by atoms with Gasteiger partial charge in [-0.05, 0) is 38.6 Å². The average molecular weight is 420 g/mol. The fourth-order valence-corrected chi connectivity index (χ4v) is 3.48. The van der Waals surface area contributed by atoms with Gasteiger partial charge in [0.1, 0.15) is 17.4 Å². The molecular formula is C21H33N5O2S. The summed E-state index contributed by atoms with van der Waals surface area (Å²) >= 11 is 1.71. The van der Waals surface area contributed by atoms with E-state index < -0.39 is 0 Å². The van der Waals surface area contributed by atoms with Crippen molar-refractivity contribution in [2.24, 2.45) is 4.99 Å². The Morgan fingerprint density at radius 2 is 1.93 bits per heavy atom. The number of likely N-dealkylation sites (N-methyl/N-ethyl adjacent to an activating group) is 1. The lowest BCUT2D eigenvalue weighted by molar-refractivity contribution is 0.150. The van der Waals surface area contributed by atoms with Crippen LogP contribution in [0.2, 0.25) is 0 Å². The molecule has 8 heteroatoms. The highest BCUT2D eigenvalue weighted by Crippen LogP contribution is 2.16. The molecule has 0 saturated heterocycles. The Balaban J connectivity index is 1.76. The summed E-state index contributed by atoms with van der Waals surface area (Å²) in [4.78, 5) is 12.3. The molecule has 0 aliphatic carbocycles. The molecule has 0 fully saturated rings. The summed E-state index contributed by atoms with van der Waals surface area (Å²) in [6.07, 6.45) is 0. The highest BCUT2D eigenvalue weighted by molar-refractivity contribution is 7.11. The van der Waals surface area contributed by atoms with Crippen molar-refractivity contribution in [3.8, 4) is 5.75 Å². The second-order valence-electron chi connectivity index (χ2n) is 6.82. The van der Waals surface area contributed by atoms with Gasteiger partial charge in [0.05, 0.1) is 18.8 Å². The highest BCUT2D eigenvalue weighted by Gasteiger charge is 2.05. The van der Waals surface area contributed by atoms with Gasteiger partial charge in [0.15, 0.2) is 5.96 Å². The number of nitrogens with one attached hydrogen (secondary N) is 2. The van der Waals surface area contributed by atoms with Crippen LogP contribution in [0.3, 0.4) is 0 Å². The van der Waals surface area contributed by atoms with Gasteiger partial charge in [0.2, 0.25) is 0 Å². The maximum atomic E-state index is 5.89. The molecule has 7 nitrogen and oxygen atoms in total. The molecule has 2 rings (SSSR count). The zero-order chi connectivity index (χ0) is 21.1. The second-order valence-corrected chi connectivity index (χ2v) is 8.11. The fraction of sp³-hybridized carbons (Fsp3) is 0.524. The van der Waals surface area contributed by atoms with Crippen LogP contribution in [0.25, 0.3) is 0 Å². The maximum absolute atomic E-state index is 5.89. The largest absolute Gasteiger partial charge is 0.492 e. The van der Waals surface area contributed by atoms with Gasteiger partial charge >= 0.3 is 0 Å². The Kier molecular flexibility index (Phi) is 9.90. The zero-order valence-corrected chi connectivity index (χ0v) is 18.9. The van der Waals surface area contributed by atoms with Crippen LogP contribution in [0.4, 0.5) is 0 Å². The molecule has 0 amide bonds. The van der Waals surface area contributed by atoms with Crippen LogP contribution in [0.15, 0.2) is 29.3 Å². The number of thiazole rings is 1. The van der Waals surface area contributed by atoms with E-state index in [4.69, 9.17) is 9.47 Å². The quantitative estimate of drug-likeness (QED) is 0.431. The predicted octanol–water partition coefficient (Wildman–Crippen LogP) is 2.58. The van der Waals surface area contributed by atoms with Gasteiger partial charge in [0.25, 0.3) is 0 Å². The minimum absolute atomic E-state index is 0.646. The van der Waals surface area contributed by atoms with Gasteiger partial charge in [-0.25, -0.2) is 4.98 Å². The lowest BCUT2D eigenvalue weighted by Crippen LogP contribution is -2.36. The third kappa shape index (κ3) is 8.39. The van der Waals surface area contributed by atoms with E-state index in [1.54, 1.807) is 25.5 Å². The Labute approximate surface area is 178 Å². The monoisotopic (exact) mass is 419 g/mol. The zero-order valence-electron chi connectivity index (χ0n) is 18.1. The first-order valence-electron chi connectivity index (χ1n) is 9.78. The number of rotatable bonds is 11. The molecule has 0 aliphatic rings. The van der Waals surface area contributed by atoms with Gasteiger partial charge in [0, 0.05) is 38.7 Å².